The molecule has 15 heavy (non-hydrogen) atoms. The molecule has 1 nitrogen and oxygen atoms in total. The fraction of sp³-hybridized carbons (Fsp3) is 1.00. The first-order valence-corrected chi connectivity index (χ1v) is 6.13. The predicted octanol–water partition coefficient (Wildman–Crippen LogP) is 4.17. The van der Waals surface area contributed by atoms with Crippen molar-refractivity contribution in [3.8, 4) is 0 Å². The summed E-state index contributed by atoms with van der Waals surface area (Å²) < 4.78 is 6.00. The van der Waals surface area contributed by atoms with Crippen LogP contribution in [-0.2, 0) is 4.74 Å². The van der Waals surface area contributed by atoms with E-state index in [-0.39, 0.29) is 10.9 Å². The topological polar surface area (TPSA) is 9.23 Å². The average Bonchev–Trinajstić information content (AvgIpc) is 2.13. The lowest BCUT2D eigenvalue weighted by Gasteiger charge is -2.31. The molecule has 0 N–H and O–H groups in total. The Morgan fingerprint density at radius 2 is 1.67 bits per heavy atom. The normalized spacial score (nSPS) is 13.3. The second-order valence-electron chi connectivity index (χ2n) is 6.26. The molecule has 0 unspecified atom stereocenters. The molecule has 0 aliphatic rings. The number of ether oxygens (including phenoxy) is 1. The molecule has 0 amide bonds. The second kappa shape index (κ2) is 5.93. The summed E-state index contributed by atoms with van der Waals surface area (Å²) in [5.74, 6) is 0.763. The molecule has 0 rings (SSSR count). The molecule has 0 spiro atoms. The van der Waals surface area contributed by atoms with Gasteiger partial charge in [0.2, 0.25) is 0 Å². The van der Waals surface area contributed by atoms with Gasteiger partial charge in [0.05, 0.1) is 5.60 Å². The third kappa shape index (κ3) is 7.90. The fourth-order valence-corrected chi connectivity index (χ4v) is 1.17. The van der Waals surface area contributed by atoms with Crippen molar-refractivity contribution >= 4 is 7.28 Å². The molecule has 0 saturated carbocycles. The van der Waals surface area contributed by atoms with E-state index in [0.717, 1.165) is 18.9 Å². The van der Waals surface area contributed by atoms with E-state index >= 15 is 0 Å². The van der Waals surface area contributed by atoms with Gasteiger partial charge in [0, 0.05) is 6.61 Å². The average molecular weight is 211 g/mol. The molecular formula is C13H28BO. The van der Waals surface area contributed by atoms with Crippen LogP contribution in [0.4, 0.5) is 0 Å². The number of hydrogen-bond acceptors (Lipinski definition) is 1. The highest BCUT2D eigenvalue weighted by Crippen LogP contribution is 2.27. The van der Waals surface area contributed by atoms with Crippen LogP contribution < -0.4 is 0 Å². The van der Waals surface area contributed by atoms with Gasteiger partial charge in [0.25, 0.3) is 0 Å². The minimum atomic E-state index is 0.0184. The van der Waals surface area contributed by atoms with Crippen molar-refractivity contribution in [2.45, 2.75) is 72.1 Å². The van der Waals surface area contributed by atoms with Crippen molar-refractivity contribution < 1.29 is 4.74 Å². The Kier molecular flexibility index (Phi) is 5.94. The van der Waals surface area contributed by atoms with Gasteiger partial charge in [-0.1, -0.05) is 34.5 Å². The first-order valence-electron chi connectivity index (χ1n) is 6.13. The van der Waals surface area contributed by atoms with Crippen molar-refractivity contribution in [2.24, 2.45) is 5.92 Å². The van der Waals surface area contributed by atoms with Crippen molar-refractivity contribution in [3.05, 3.63) is 0 Å². The SMILES string of the molecule is C[B]C(C)(C)COC(C)(C)CCC(C)C. The highest BCUT2D eigenvalue weighted by molar-refractivity contribution is 6.37. The van der Waals surface area contributed by atoms with E-state index < -0.39 is 0 Å². The molecule has 0 saturated heterocycles. The van der Waals surface area contributed by atoms with E-state index in [4.69, 9.17) is 4.74 Å². The molecule has 0 bridgehead atoms. The molecular weight excluding hydrogens is 183 g/mol. The summed E-state index contributed by atoms with van der Waals surface area (Å²) in [5, 5.41) is 0.190. The van der Waals surface area contributed by atoms with Crippen LogP contribution in [0, 0.1) is 5.92 Å². The van der Waals surface area contributed by atoms with E-state index in [1.54, 1.807) is 0 Å². The minimum Gasteiger partial charge on any atom is -0.376 e. The van der Waals surface area contributed by atoms with E-state index in [9.17, 15) is 0 Å². The first kappa shape index (κ1) is 15.0. The molecule has 89 valence electrons. The molecule has 0 heterocycles. The van der Waals surface area contributed by atoms with Gasteiger partial charge < -0.3 is 4.74 Å². The molecule has 0 aromatic carbocycles. The standard InChI is InChI=1S/C13H28BO/c1-11(2)8-9-13(5,6)15-10-12(3,4)14-7/h11H,8-10H2,1-7H3. The highest BCUT2D eigenvalue weighted by Gasteiger charge is 2.23. The lowest BCUT2D eigenvalue weighted by atomic mass is 9.56. The molecule has 0 aliphatic carbocycles. The first-order chi connectivity index (χ1) is 6.68. The lowest BCUT2D eigenvalue weighted by molar-refractivity contribution is -0.0362. The van der Waals surface area contributed by atoms with Crippen LogP contribution >= 0.6 is 0 Å². The Morgan fingerprint density at radius 3 is 2.07 bits per heavy atom. The molecule has 0 fully saturated rings. The van der Waals surface area contributed by atoms with Crippen LogP contribution in [0.25, 0.3) is 0 Å². The van der Waals surface area contributed by atoms with E-state index in [2.05, 4.69) is 55.6 Å². The summed E-state index contributed by atoms with van der Waals surface area (Å²) in [6.07, 6.45) is 2.38. The third-order valence-electron chi connectivity index (χ3n) is 2.94. The maximum absolute atomic E-state index is 6.00. The fourth-order valence-electron chi connectivity index (χ4n) is 1.17. The van der Waals surface area contributed by atoms with Gasteiger partial charge in [-0.2, -0.15) is 0 Å². The predicted molar refractivity (Wildman–Crippen MR) is 69.8 cm³/mol. The maximum atomic E-state index is 6.00. The van der Waals surface area contributed by atoms with Crippen molar-refractivity contribution in [1.29, 1.82) is 0 Å². The molecule has 0 aromatic heterocycles. The van der Waals surface area contributed by atoms with E-state index in [0.29, 0.717) is 0 Å². The molecule has 1 radical (unpaired) electrons. The van der Waals surface area contributed by atoms with Crippen LogP contribution in [0.3, 0.4) is 0 Å². The van der Waals surface area contributed by atoms with Gasteiger partial charge in [0.15, 0.2) is 0 Å². The summed E-state index contributed by atoms with van der Waals surface area (Å²) in [4.78, 5) is 0. The lowest BCUT2D eigenvalue weighted by Crippen LogP contribution is -2.30. The van der Waals surface area contributed by atoms with Crippen molar-refractivity contribution in [1.82, 2.24) is 0 Å². The van der Waals surface area contributed by atoms with Gasteiger partial charge >= 0.3 is 0 Å². The zero-order chi connectivity index (χ0) is 12.1. The van der Waals surface area contributed by atoms with Crippen LogP contribution in [0.2, 0.25) is 12.1 Å². The monoisotopic (exact) mass is 211 g/mol. The van der Waals surface area contributed by atoms with Gasteiger partial charge in [-0.15, -0.1) is 0 Å². The molecule has 0 aromatic rings. The molecule has 0 atom stereocenters. The third-order valence-corrected chi connectivity index (χ3v) is 2.94. The van der Waals surface area contributed by atoms with Crippen molar-refractivity contribution in [2.75, 3.05) is 6.61 Å². The summed E-state index contributed by atoms with van der Waals surface area (Å²) in [7, 11) is 2.21. The quantitative estimate of drug-likeness (QED) is 0.574. The number of rotatable bonds is 7. The molecule has 2 heteroatoms. The second-order valence-corrected chi connectivity index (χ2v) is 6.26. The molecule has 0 aliphatic heterocycles. The van der Waals surface area contributed by atoms with Gasteiger partial charge in [-0.05, 0) is 37.9 Å². The van der Waals surface area contributed by atoms with Gasteiger partial charge in [-0.3, -0.25) is 0 Å². The van der Waals surface area contributed by atoms with E-state index in [1.165, 1.54) is 6.42 Å². The van der Waals surface area contributed by atoms with Crippen LogP contribution in [0.15, 0.2) is 0 Å². The van der Waals surface area contributed by atoms with Crippen LogP contribution in [-0.4, -0.2) is 19.5 Å². The Balaban J connectivity index is 3.93. The minimum absolute atomic E-state index is 0.0184. The van der Waals surface area contributed by atoms with E-state index in [1.807, 2.05) is 0 Å². The summed E-state index contributed by atoms with van der Waals surface area (Å²) in [6, 6.07) is 0. The largest absolute Gasteiger partial charge is 0.376 e. The zero-order valence-corrected chi connectivity index (χ0v) is 11.7. The van der Waals surface area contributed by atoms with Crippen molar-refractivity contribution in [3.63, 3.8) is 0 Å². The Morgan fingerprint density at radius 1 is 1.13 bits per heavy atom. The summed E-state index contributed by atoms with van der Waals surface area (Å²) in [5.41, 5.74) is 0.0184. The Bertz CT molecular complexity index is 173. The maximum Gasteiger partial charge on any atom is 0.116 e. The van der Waals surface area contributed by atoms with Gasteiger partial charge in [-0.25, -0.2) is 0 Å². The zero-order valence-electron chi connectivity index (χ0n) is 11.7. The Labute approximate surface area is 97.2 Å². The highest BCUT2D eigenvalue weighted by atomic mass is 16.5. The van der Waals surface area contributed by atoms with Crippen LogP contribution in [0.5, 0.6) is 0 Å². The smallest absolute Gasteiger partial charge is 0.116 e. The Hall–Kier alpha value is 0.0249. The number of hydrogen-bond donors (Lipinski definition) is 0. The summed E-state index contributed by atoms with van der Waals surface area (Å²) in [6.45, 7) is 16.3. The van der Waals surface area contributed by atoms with Gasteiger partial charge in [0.1, 0.15) is 7.28 Å². The summed E-state index contributed by atoms with van der Waals surface area (Å²) >= 11 is 0. The van der Waals surface area contributed by atoms with Crippen LogP contribution in [0.1, 0.15) is 54.4 Å².